The Balaban J connectivity index is 1.75. The van der Waals surface area contributed by atoms with E-state index in [1.54, 1.807) is 0 Å². The van der Waals surface area contributed by atoms with Crippen molar-refractivity contribution >= 4 is 5.91 Å². The first-order chi connectivity index (χ1) is 11.0. The van der Waals surface area contributed by atoms with E-state index in [9.17, 15) is 18.0 Å². The summed E-state index contributed by atoms with van der Waals surface area (Å²) >= 11 is 0. The second-order valence-corrected chi connectivity index (χ2v) is 5.91. The van der Waals surface area contributed by atoms with E-state index in [0.29, 0.717) is 6.54 Å². The maximum Gasteiger partial charge on any atom is 0.254 e. The van der Waals surface area contributed by atoms with Crippen molar-refractivity contribution in [1.29, 1.82) is 0 Å². The smallest absolute Gasteiger partial charge is 0.254 e. The van der Waals surface area contributed by atoms with Crippen LogP contribution in [0.4, 0.5) is 13.2 Å². The lowest BCUT2D eigenvalue weighted by atomic mass is 9.64. The third-order valence-corrected chi connectivity index (χ3v) is 4.56. The van der Waals surface area contributed by atoms with Crippen LogP contribution >= 0.6 is 0 Å². The van der Waals surface area contributed by atoms with Crippen molar-refractivity contribution in [2.24, 2.45) is 0 Å². The molecule has 1 amide bonds. The monoisotopic (exact) mass is 319 g/mol. The zero-order valence-electron chi connectivity index (χ0n) is 12.4. The van der Waals surface area contributed by atoms with Gasteiger partial charge in [0, 0.05) is 12.0 Å². The fraction of sp³-hybridized carbons (Fsp3) is 0.278. The van der Waals surface area contributed by atoms with Crippen LogP contribution in [0.25, 0.3) is 0 Å². The van der Waals surface area contributed by atoms with Crippen molar-refractivity contribution < 1.29 is 18.0 Å². The molecule has 1 N–H and O–H groups in total. The lowest BCUT2D eigenvalue weighted by molar-refractivity contribution is 0.0922. The third kappa shape index (κ3) is 2.83. The molecule has 2 aromatic rings. The van der Waals surface area contributed by atoms with Gasteiger partial charge < -0.3 is 5.32 Å². The fourth-order valence-electron chi connectivity index (χ4n) is 3.01. The van der Waals surface area contributed by atoms with Crippen molar-refractivity contribution in [2.75, 3.05) is 6.54 Å². The van der Waals surface area contributed by atoms with Crippen molar-refractivity contribution in [2.45, 2.75) is 24.7 Å². The van der Waals surface area contributed by atoms with Crippen LogP contribution in [0.3, 0.4) is 0 Å². The number of hydrogen-bond donors (Lipinski definition) is 1. The third-order valence-electron chi connectivity index (χ3n) is 4.56. The molecule has 5 heteroatoms. The molecule has 0 aromatic heterocycles. The zero-order chi connectivity index (χ0) is 16.4. The van der Waals surface area contributed by atoms with E-state index in [4.69, 9.17) is 0 Å². The van der Waals surface area contributed by atoms with E-state index in [-0.39, 0.29) is 5.41 Å². The minimum Gasteiger partial charge on any atom is -0.351 e. The molecule has 0 atom stereocenters. The molecule has 120 valence electrons. The lowest BCUT2D eigenvalue weighted by Crippen LogP contribution is -2.45. The number of carbonyl (C=O) groups is 1. The summed E-state index contributed by atoms with van der Waals surface area (Å²) in [5.41, 5.74) is 0.482. The molecule has 2 aromatic carbocycles. The van der Waals surface area contributed by atoms with Crippen molar-refractivity contribution in [3.8, 4) is 0 Å². The lowest BCUT2D eigenvalue weighted by Gasteiger charge is -2.42. The number of nitrogens with one attached hydrogen (secondary N) is 1. The number of benzene rings is 2. The van der Waals surface area contributed by atoms with Crippen LogP contribution in [0.5, 0.6) is 0 Å². The van der Waals surface area contributed by atoms with Crippen LogP contribution in [-0.4, -0.2) is 12.5 Å². The van der Waals surface area contributed by atoms with Crippen LogP contribution in [-0.2, 0) is 5.41 Å². The summed E-state index contributed by atoms with van der Waals surface area (Å²) < 4.78 is 39.9. The van der Waals surface area contributed by atoms with Crippen LogP contribution in [0.2, 0.25) is 0 Å². The molecule has 1 fully saturated rings. The number of halogens is 3. The van der Waals surface area contributed by atoms with Gasteiger partial charge in [0.05, 0.1) is 5.56 Å². The van der Waals surface area contributed by atoms with Gasteiger partial charge in [0.1, 0.15) is 0 Å². The summed E-state index contributed by atoms with van der Waals surface area (Å²) in [5.74, 6) is -5.12. The van der Waals surface area contributed by atoms with Gasteiger partial charge in [-0.15, -0.1) is 0 Å². The maximum absolute atomic E-state index is 13.7. The summed E-state index contributed by atoms with van der Waals surface area (Å²) in [5, 5.41) is 2.66. The maximum atomic E-state index is 13.7. The quantitative estimate of drug-likeness (QED) is 0.849. The van der Waals surface area contributed by atoms with Crippen LogP contribution in [0.1, 0.15) is 35.2 Å². The van der Waals surface area contributed by atoms with E-state index in [1.165, 1.54) is 0 Å². The largest absolute Gasteiger partial charge is 0.351 e. The normalized spacial score (nSPS) is 15.8. The second kappa shape index (κ2) is 6.07. The van der Waals surface area contributed by atoms with Gasteiger partial charge in [-0.3, -0.25) is 4.79 Å². The van der Waals surface area contributed by atoms with Gasteiger partial charge in [-0.25, -0.2) is 13.2 Å². The first-order valence-corrected chi connectivity index (χ1v) is 7.51. The van der Waals surface area contributed by atoms with E-state index in [0.717, 1.165) is 37.0 Å². The Morgan fingerprint density at radius 2 is 1.70 bits per heavy atom. The van der Waals surface area contributed by atoms with Gasteiger partial charge >= 0.3 is 0 Å². The van der Waals surface area contributed by atoms with Crippen molar-refractivity contribution in [3.05, 3.63) is 71.0 Å². The fourth-order valence-corrected chi connectivity index (χ4v) is 3.01. The molecule has 0 spiro atoms. The Hall–Kier alpha value is -2.30. The minimum atomic E-state index is -1.63. The van der Waals surface area contributed by atoms with Gasteiger partial charge in [-0.1, -0.05) is 36.8 Å². The molecule has 1 saturated carbocycles. The van der Waals surface area contributed by atoms with Crippen LogP contribution in [0.15, 0.2) is 42.5 Å². The minimum absolute atomic E-state index is 0.161. The molecule has 1 aliphatic carbocycles. The van der Waals surface area contributed by atoms with E-state index in [2.05, 4.69) is 5.32 Å². The van der Waals surface area contributed by atoms with Crippen LogP contribution < -0.4 is 5.32 Å². The zero-order valence-corrected chi connectivity index (χ0v) is 12.4. The van der Waals surface area contributed by atoms with Crippen LogP contribution in [0, 0.1) is 17.5 Å². The van der Waals surface area contributed by atoms with E-state index < -0.39 is 28.9 Å². The standard InChI is InChI=1S/C18H16F3NO/c19-14-8-7-13(15(20)16(14)21)17(23)22-11-18(9-4-10-18)12-5-2-1-3-6-12/h1-3,5-8H,4,9-11H2,(H,22,23). The topological polar surface area (TPSA) is 29.1 Å². The first kappa shape index (κ1) is 15.6. The molecule has 0 aliphatic heterocycles. The Morgan fingerprint density at radius 3 is 2.30 bits per heavy atom. The molecule has 0 unspecified atom stereocenters. The number of carbonyl (C=O) groups excluding carboxylic acids is 1. The molecule has 1 aliphatic rings. The van der Waals surface area contributed by atoms with Gasteiger partial charge in [0.25, 0.3) is 5.91 Å². The molecule has 0 bridgehead atoms. The van der Waals surface area contributed by atoms with Gasteiger partial charge in [0.15, 0.2) is 17.5 Å². The number of rotatable bonds is 4. The predicted molar refractivity (Wildman–Crippen MR) is 80.6 cm³/mol. The first-order valence-electron chi connectivity index (χ1n) is 7.51. The molecular weight excluding hydrogens is 303 g/mol. The predicted octanol–water partition coefficient (Wildman–Crippen LogP) is 3.96. The highest BCUT2D eigenvalue weighted by molar-refractivity contribution is 5.94. The molecule has 23 heavy (non-hydrogen) atoms. The van der Waals surface area contributed by atoms with Gasteiger partial charge in [0.2, 0.25) is 0 Å². The van der Waals surface area contributed by atoms with E-state index in [1.807, 2.05) is 30.3 Å². The van der Waals surface area contributed by atoms with E-state index >= 15 is 0 Å². The molecular formula is C18H16F3NO. The Bertz CT molecular complexity index is 727. The highest BCUT2D eigenvalue weighted by Crippen LogP contribution is 2.43. The van der Waals surface area contributed by atoms with Crippen molar-refractivity contribution in [1.82, 2.24) is 5.32 Å². The van der Waals surface area contributed by atoms with Gasteiger partial charge in [-0.2, -0.15) is 0 Å². The Labute approximate surface area is 132 Å². The molecule has 2 nitrogen and oxygen atoms in total. The number of hydrogen-bond acceptors (Lipinski definition) is 1. The average molecular weight is 319 g/mol. The number of amides is 1. The second-order valence-electron chi connectivity index (χ2n) is 5.91. The molecule has 0 radical (unpaired) electrons. The highest BCUT2D eigenvalue weighted by Gasteiger charge is 2.38. The summed E-state index contributed by atoms with van der Waals surface area (Å²) in [6.45, 7) is 0.342. The highest BCUT2D eigenvalue weighted by atomic mass is 19.2. The Morgan fingerprint density at radius 1 is 1.00 bits per heavy atom. The molecule has 0 saturated heterocycles. The van der Waals surface area contributed by atoms with Gasteiger partial charge in [-0.05, 0) is 30.5 Å². The molecule has 0 heterocycles. The average Bonchev–Trinajstić information content (AvgIpc) is 2.52. The summed E-state index contributed by atoms with van der Waals surface area (Å²) in [6, 6.07) is 11.5. The summed E-state index contributed by atoms with van der Waals surface area (Å²) in [7, 11) is 0. The molecule has 3 rings (SSSR count). The Kier molecular flexibility index (Phi) is 4.11. The van der Waals surface area contributed by atoms with Crippen molar-refractivity contribution in [3.63, 3.8) is 0 Å². The summed E-state index contributed by atoms with van der Waals surface area (Å²) in [4.78, 5) is 12.1. The SMILES string of the molecule is O=C(NCC1(c2ccccc2)CCC1)c1ccc(F)c(F)c1F. The summed E-state index contributed by atoms with van der Waals surface area (Å²) in [6.07, 6.45) is 2.92.